The van der Waals surface area contributed by atoms with Gasteiger partial charge in [0, 0.05) is 19.3 Å². The predicted octanol–water partition coefficient (Wildman–Crippen LogP) is 23.4. The number of hydrogen-bond donors (Lipinski definition) is 0. The van der Waals surface area contributed by atoms with Crippen molar-refractivity contribution in [3.05, 3.63) is 85.1 Å². The van der Waals surface area contributed by atoms with Crippen LogP contribution in [-0.4, -0.2) is 37.2 Å². The first-order valence-corrected chi connectivity index (χ1v) is 34.1. The quantitative estimate of drug-likeness (QED) is 0.0261. The molecule has 0 aliphatic heterocycles. The molecule has 1 atom stereocenters. The number of carbonyl (C=O) groups excluding carboxylic acids is 3. The maximum absolute atomic E-state index is 12.9. The van der Waals surface area contributed by atoms with Crippen molar-refractivity contribution in [3.8, 4) is 0 Å². The van der Waals surface area contributed by atoms with E-state index in [0.717, 1.165) is 116 Å². The smallest absolute Gasteiger partial charge is 0.306 e. The Morgan fingerprint density at radius 1 is 0.266 bits per heavy atom. The molecule has 0 aromatic carbocycles. The Bertz CT molecular complexity index is 1500. The lowest BCUT2D eigenvalue weighted by Gasteiger charge is -2.18. The number of hydrogen-bond acceptors (Lipinski definition) is 6. The topological polar surface area (TPSA) is 78.9 Å². The summed E-state index contributed by atoms with van der Waals surface area (Å²) >= 11 is 0. The van der Waals surface area contributed by atoms with Gasteiger partial charge in [0.1, 0.15) is 13.2 Å². The average molecular weight is 1100 g/mol. The van der Waals surface area contributed by atoms with E-state index >= 15 is 0 Å². The third kappa shape index (κ3) is 65.3. The molecule has 0 spiro atoms. The molecule has 0 fully saturated rings. The van der Waals surface area contributed by atoms with Crippen molar-refractivity contribution in [1.82, 2.24) is 0 Å². The van der Waals surface area contributed by atoms with Crippen LogP contribution < -0.4 is 0 Å². The van der Waals surface area contributed by atoms with E-state index in [1.165, 1.54) is 186 Å². The van der Waals surface area contributed by atoms with E-state index in [1.54, 1.807) is 0 Å². The van der Waals surface area contributed by atoms with Crippen LogP contribution in [0.5, 0.6) is 0 Å². The van der Waals surface area contributed by atoms with Crippen molar-refractivity contribution < 1.29 is 28.6 Å². The summed E-state index contributed by atoms with van der Waals surface area (Å²) in [6.45, 7) is 6.49. The summed E-state index contributed by atoms with van der Waals surface area (Å²) in [6.07, 6.45) is 89.3. The largest absolute Gasteiger partial charge is 0.462 e. The molecule has 0 heterocycles. The highest BCUT2D eigenvalue weighted by atomic mass is 16.6. The third-order valence-corrected chi connectivity index (χ3v) is 14.9. The summed E-state index contributed by atoms with van der Waals surface area (Å²) in [6, 6.07) is 0. The van der Waals surface area contributed by atoms with Gasteiger partial charge in [-0.1, -0.05) is 311 Å². The highest BCUT2D eigenvalue weighted by Crippen LogP contribution is 2.17. The highest BCUT2D eigenvalue weighted by molar-refractivity contribution is 5.71. The molecule has 0 aliphatic carbocycles. The molecule has 0 saturated carbocycles. The molecule has 0 N–H and O–H groups in total. The molecule has 6 nitrogen and oxygen atoms in total. The Labute approximate surface area is 490 Å². The summed E-state index contributed by atoms with van der Waals surface area (Å²) in [7, 11) is 0. The highest BCUT2D eigenvalue weighted by Gasteiger charge is 2.19. The Morgan fingerprint density at radius 2 is 0.494 bits per heavy atom. The number of rotatable bonds is 62. The lowest BCUT2D eigenvalue weighted by Crippen LogP contribution is -2.30. The zero-order valence-corrected chi connectivity index (χ0v) is 52.4. The van der Waals surface area contributed by atoms with E-state index in [-0.39, 0.29) is 31.1 Å². The predicted molar refractivity (Wildman–Crippen MR) is 344 cm³/mol. The second kappa shape index (κ2) is 67.1. The van der Waals surface area contributed by atoms with Gasteiger partial charge < -0.3 is 14.2 Å². The van der Waals surface area contributed by atoms with Crippen molar-refractivity contribution in [1.29, 1.82) is 0 Å². The van der Waals surface area contributed by atoms with Gasteiger partial charge in [0.15, 0.2) is 6.10 Å². The lowest BCUT2D eigenvalue weighted by molar-refractivity contribution is -0.167. The van der Waals surface area contributed by atoms with Gasteiger partial charge in [-0.25, -0.2) is 0 Å². The van der Waals surface area contributed by atoms with Crippen LogP contribution in [0.25, 0.3) is 0 Å². The number of esters is 3. The van der Waals surface area contributed by atoms with Crippen LogP contribution in [0.3, 0.4) is 0 Å². The summed E-state index contributed by atoms with van der Waals surface area (Å²) in [5.74, 6) is -0.893. The van der Waals surface area contributed by atoms with Gasteiger partial charge >= 0.3 is 17.9 Å². The SMILES string of the molecule is CC/C=C\C/C=C\C/C=C\C/C=C\C/C=C\CCCCCCCC(=O)OC(COC(=O)CCCCCCCCC)COC(=O)CCCCCCCCCCCCCCCCCCCCCCC/C=C\C/C=C\CCCCCCC. The number of carbonyl (C=O) groups is 3. The van der Waals surface area contributed by atoms with E-state index < -0.39 is 6.10 Å². The van der Waals surface area contributed by atoms with Crippen molar-refractivity contribution in [2.24, 2.45) is 0 Å². The van der Waals surface area contributed by atoms with E-state index in [0.29, 0.717) is 19.3 Å². The number of ether oxygens (including phenoxy) is 3. The van der Waals surface area contributed by atoms with Gasteiger partial charge in [-0.2, -0.15) is 0 Å². The van der Waals surface area contributed by atoms with Gasteiger partial charge in [-0.05, 0) is 96.3 Å². The molecule has 6 heteroatoms. The Balaban J connectivity index is 4.04. The standard InChI is InChI=1S/C73H128O6/c1-4-7-10-13-16-18-20-22-24-26-28-30-31-32-33-34-35-36-37-38-39-40-41-43-44-46-48-50-52-54-57-60-63-66-72(75)78-69-70(68-77-71(74)65-62-59-56-15-12-9-6-3)79-73(76)67-64-61-58-55-53-51-49-47-45-42-29-27-25-23-21-19-17-14-11-8-5-2/h8,11,17,19-20,22-23,25-26,28-29,42,47,49,70H,4-7,9-10,12-16,18,21,24,27,30-41,43-46,48,50-69H2,1-3H3/b11-8-,19-17-,22-20-,25-23-,28-26-,42-29-,49-47-. The Kier molecular flexibility index (Phi) is 64.2. The summed E-state index contributed by atoms with van der Waals surface area (Å²) in [5.41, 5.74) is 0. The lowest BCUT2D eigenvalue weighted by atomic mass is 10.0. The van der Waals surface area contributed by atoms with Gasteiger partial charge in [0.05, 0.1) is 0 Å². The van der Waals surface area contributed by atoms with Crippen LogP contribution in [0.15, 0.2) is 85.1 Å². The van der Waals surface area contributed by atoms with E-state index in [4.69, 9.17) is 14.2 Å². The van der Waals surface area contributed by atoms with Crippen molar-refractivity contribution in [2.45, 2.75) is 348 Å². The fourth-order valence-electron chi connectivity index (χ4n) is 9.80. The van der Waals surface area contributed by atoms with Gasteiger partial charge in [-0.15, -0.1) is 0 Å². The first-order valence-electron chi connectivity index (χ1n) is 34.1. The maximum Gasteiger partial charge on any atom is 0.306 e. The monoisotopic (exact) mass is 1100 g/mol. The zero-order chi connectivity index (χ0) is 57.1. The molecule has 0 bridgehead atoms. The van der Waals surface area contributed by atoms with E-state index in [2.05, 4.69) is 106 Å². The normalized spacial score (nSPS) is 12.6. The molecule has 1 unspecified atom stereocenters. The van der Waals surface area contributed by atoms with Crippen LogP contribution >= 0.6 is 0 Å². The first-order chi connectivity index (χ1) is 39.0. The van der Waals surface area contributed by atoms with Crippen molar-refractivity contribution >= 4 is 17.9 Å². The van der Waals surface area contributed by atoms with Gasteiger partial charge in [0.25, 0.3) is 0 Å². The van der Waals surface area contributed by atoms with Gasteiger partial charge in [0.2, 0.25) is 0 Å². The molecule has 79 heavy (non-hydrogen) atoms. The van der Waals surface area contributed by atoms with Crippen LogP contribution in [0, 0.1) is 0 Å². The molecule has 0 aliphatic rings. The molecule has 0 saturated heterocycles. The number of allylic oxidation sites excluding steroid dienone is 14. The minimum absolute atomic E-state index is 0.0810. The van der Waals surface area contributed by atoms with E-state index in [9.17, 15) is 14.4 Å². The summed E-state index contributed by atoms with van der Waals surface area (Å²) < 4.78 is 16.8. The molecular formula is C73H128O6. The minimum Gasteiger partial charge on any atom is -0.462 e. The third-order valence-electron chi connectivity index (χ3n) is 14.9. The van der Waals surface area contributed by atoms with Crippen LogP contribution in [0.2, 0.25) is 0 Å². The fraction of sp³-hybridized carbons (Fsp3) is 0.767. The van der Waals surface area contributed by atoms with Crippen LogP contribution in [0.4, 0.5) is 0 Å². The molecule has 0 radical (unpaired) electrons. The molecule has 456 valence electrons. The van der Waals surface area contributed by atoms with Crippen LogP contribution in [0.1, 0.15) is 342 Å². The fourth-order valence-corrected chi connectivity index (χ4v) is 9.80. The van der Waals surface area contributed by atoms with Crippen molar-refractivity contribution in [3.63, 3.8) is 0 Å². The Hall–Kier alpha value is -3.41. The molecule has 0 aromatic rings. The second-order valence-corrected chi connectivity index (χ2v) is 22.7. The summed E-state index contributed by atoms with van der Waals surface area (Å²) in [5, 5.41) is 0. The minimum atomic E-state index is -0.784. The van der Waals surface area contributed by atoms with Crippen LogP contribution in [-0.2, 0) is 28.6 Å². The number of unbranched alkanes of at least 4 members (excludes halogenated alkanes) is 37. The molecule has 0 rings (SSSR count). The van der Waals surface area contributed by atoms with Crippen molar-refractivity contribution in [2.75, 3.05) is 13.2 Å². The molecular weight excluding hydrogens is 973 g/mol. The van der Waals surface area contributed by atoms with Gasteiger partial charge in [-0.3, -0.25) is 14.4 Å². The zero-order valence-electron chi connectivity index (χ0n) is 52.4. The first kappa shape index (κ1) is 75.6. The Morgan fingerprint density at radius 3 is 0.772 bits per heavy atom. The molecule has 0 aromatic heterocycles. The second-order valence-electron chi connectivity index (χ2n) is 22.7. The average Bonchev–Trinajstić information content (AvgIpc) is 3.45. The van der Waals surface area contributed by atoms with E-state index in [1.807, 2.05) is 0 Å². The molecule has 0 amide bonds. The maximum atomic E-state index is 12.9. The summed E-state index contributed by atoms with van der Waals surface area (Å²) in [4.78, 5) is 38.1.